The van der Waals surface area contributed by atoms with Gasteiger partial charge in [0.15, 0.2) is 0 Å². The molecule has 1 saturated carbocycles. The van der Waals surface area contributed by atoms with E-state index in [1.165, 1.54) is 6.42 Å². The minimum absolute atomic E-state index is 0.0415. The van der Waals surface area contributed by atoms with Crippen molar-refractivity contribution in [3.63, 3.8) is 0 Å². The Kier molecular flexibility index (Phi) is 5.90. The molecule has 2 N–H and O–H groups in total. The Labute approximate surface area is 201 Å². The van der Waals surface area contributed by atoms with Gasteiger partial charge in [0.05, 0.1) is 12.1 Å². The van der Waals surface area contributed by atoms with Crippen LogP contribution in [0.15, 0.2) is 30.3 Å². The molecular formula is C27H36N4O3. The minimum Gasteiger partial charge on any atom is -0.351 e. The maximum atomic E-state index is 13.7. The van der Waals surface area contributed by atoms with Crippen LogP contribution in [-0.4, -0.2) is 63.7 Å². The molecule has 2 saturated heterocycles. The first-order valence-corrected chi connectivity index (χ1v) is 12.7. The van der Waals surface area contributed by atoms with Gasteiger partial charge < -0.3 is 20.1 Å². The number of benzene rings is 1. The van der Waals surface area contributed by atoms with Crippen molar-refractivity contribution >= 4 is 28.6 Å². The first-order chi connectivity index (χ1) is 16.2. The Morgan fingerprint density at radius 3 is 2.32 bits per heavy atom. The summed E-state index contributed by atoms with van der Waals surface area (Å²) in [6.45, 7) is 7.13. The Morgan fingerprint density at radius 2 is 1.68 bits per heavy atom. The molecule has 3 amide bonds. The second kappa shape index (κ2) is 8.75. The molecule has 0 radical (unpaired) electrons. The molecule has 3 fully saturated rings. The number of H-pyrrole nitrogens is 1. The number of para-hydroxylation sites is 1. The third-order valence-corrected chi connectivity index (χ3v) is 7.92. The SMILES string of the molecule is CC(C)(C)[C@H](NC(=O)c1cc2ccccc2[nH]1)C(=O)N1C[C@@H]2C[C@H]1CN2C(=O)C1CCCCC1. The van der Waals surface area contributed by atoms with Crippen LogP contribution in [0.4, 0.5) is 0 Å². The van der Waals surface area contributed by atoms with E-state index in [0.29, 0.717) is 24.7 Å². The lowest BCUT2D eigenvalue weighted by atomic mass is 9.85. The van der Waals surface area contributed by atoms with Crippen LogP contribution in [0.1, 0.15) is 69.8 Å². The van der Waals surface area contributed by atoms with Crippen molar-refractivity contribution < 1.29 is 14.4 Å². The van der Waals surface area contributed by atoms with Gasteiger partial charge in [-0.05, 0) is 36.8 Å². The van der Waals surface area contributed by atoms with Gasteiger partial charge in [-0.15, -0.1) is 0 Å². The van der Waals surface area contributed by atoms with E-state index in [4.69, 9.17) is 0 Å². The molecule has 2 aliphatic heterocycles. The molecule has 1 aromatic carbocycles. The highest BCUT2D eigenvalue weighted by atomic mass is 16.2. The molecule has 3 atom stereocenters. The number of piperazine rings is 1. The van der Waals surface area contributed by atoms with Crippen molar-refractivity contribution in [2.45, 2.75) is 77.4 Å². The molecule has 1 aromatic heterocycles. The number of rotatable bonds is 4. The van der Waals surface area contributed by atoms with E-state index in [-0.39, 0.29) is 29.8 Å². The highest BCUT2D eigenvalue weighted by molar-refractivity contribution is 6.00. The minimum atomic E-state index is -0.645. The molecule has 2 aromatic rings. The van der Waals surface area contributed by atoms with Crippen molar-refractivity contribution in [3.05, 3.63) is 36.0 Å². The number of amides is 3. The Bertz CT molecular complexity index is 1060. The van der Waals surface area contributed by atoms with Crippen LogP contribution in [0.5, 0.6) is 0 Å². The van der Waals surface area contributed by atoms with Gasteiger partial charge >= 0.3 is 0 Å². The Balaban J connectivity index is 1.27. The third kappa shape index (κ3) is 4.21. The quantitative estimate of drug-likeness (QED) is 0.723. The summed E-state index contributed by atoms with van der Waals surface area (Å²) in [7, 11) is 0. The predicted octanol–water partition coefficient (Wildman–Crippen LogP) is 3.70. The van der Waals surface area contributed by atoms with Crippen LogP contribution in [0.25, 0.3) is 10.9 Å². The van der Waals surface area contributed by atoms with Gasteiger partial charge in [-0.1, -0.05) is 58.2 Å². The zero-order chi connectivity index (χ0) is 24.0. The number of hydrogen-bond acceptors (Lipinski definition) is 3. The van der Waals surface area contributed by atoms with Crippen LogP contribution in [-0.2, 0) is 9.59 Å². The van der Waals surface area contributed by atoms with Crippen molar-refractivity contribution in [2.24, 2.45) is 11.3 Å². The van der Waals surface area contributed by atoms with Crippen LogP contribution in [0.2, 0.25) is 0 Å². The molecule has 7 heteroatoms. The summed E-state index contributed by atoms with van der Waals surface area (Å²) in [5.41, 5.74) is 0.902. The van der Waals surface area contributed by atoms with E-state index < -0.39 is 11.5 Å². The highest BCUT2D eigenvalue weighted by Gasteiger charge is 2.50. The smallest absolute Gasteiger partial charge is 0.268 e. The van der Waals surface area contributed by atoms with E-state index in [1.54, 1.807) is 0 Å². The zero-order valence-electron chi connectivity index (χ0n) is 20.5. The number of aromatic amines is 1. The maximum Gasteiger partial charge on any atom is 0.268 e. The number of likely N-dealkylation sites (tertiary alicyclic amines) is 2. The summed E-state index contributed by atoms with van der Waals surface area (Å²) in [6, 6.07) is 9.07. The number of aromatic nitrogens is 1. The first kappa shape index (κ1) is 22.9. The molecule has 3 heterocycles. The highest BCUT2D eigenvalue weighted by Crippen LogP contribution is 2.36. The lowest BCUT2D eigenvalue weighted by Crippen LogP contribution is -2.59. The number of nitrogens with zero attached hydrogens (tertiary/aromatic N) is 2. The standard InChI is InChI=1S/C27H36N4O3/c1-27(2,3)23(29-24(32)22-13-18-11-7-8-12-21(18)28-22)26(34)31-16-19-14-20(31)15-30(19)25(33)17-9-5-4-6-10-17/h7-8,11-13,17,19-20,23,28H,4-6,9-10,14-16H2,1-3H3,(H,29,32)/t19-,20-,23+/m0/s1. The molecule has 7 nitrogen and oxygen atoms in total. The zero-order valence-corrected chi connectivity index (χ0v) is 20.5. The molecular weight excluding hydrogens is 428 g/mol. The van der Waals surface area contributed by atoms with Crippen molar-refractivity contribution in [2.75, 3.05) is 13.1 Å². The molecule has 2 bridgehead atoms. The van der Waals surface area contributed by atoms with Gasteiger partial charge in [0.25, 0.3) is 5.91 Å². The topological polar surface area (TPSA) is 85.5 Å². The van der Waals surface area contributed by atoms with Gasteiger partial charge in [0.1, 0.15) is 11.7 Å². The van der Waals surface area contributed by atoms with E-state index in [2.05, 4.69) is 10.3 Å². The summed E-state index contributed by atoms with van der Waals surface area (Å²) < 4.78 is 0. The maximum absolute atomic E-state index is 13.7. The van der Waals surface area contributed by atoms with Gasteiger partial charge in [0.2, 0.25) is 11.8 Å². The molecule has 34 heavy (non-hydrogen) atoms. The second-order valence-electron chi connectivity index (χ2n) is 11.4. The molecule has 0 unspecified atom stereocenters. The monoisotopic (exact) mass is 464 g/mol. The number of nitrogens with one attached hydrogen (secondary N) is 2. The van der Waals surface area contributed by atoms with Crippen LogP contribution < -0.4 is 5.32 Å². The fourth-order valence-corrected chi connectivity index (χ4v) is 6.01. The number of hydrogen-bond donors (Lipinski definition) is 2. The van der Waals surface area contributed by atoms with Crippen LogP contribution >= 0.6 is 0 Å². The van der Waals surface area contributed by atoms with E-state index in [9.17, 15) is 14.4 Å². The summed E-state index contributed by atoms with van der Waals surface area (Å²) in [5.74, 6) is 0.131. The van der Waals surface area contributed by atoms with Crippen LogP contribution in [0, 0.1) is 11.3 Å². The van der Waals surface area contributed by atoms with E-state index >= 15 is 0 Å². The summed E-state index contributed by atoms with van der Waals surface area (Å²) in [5, 5.41) is 3.98. The van der Waals surface area contributed by atoms with Crippen LogP contribution in [0.3, 0.4) is 0 Å². The molecule has 1 aliphatic carbocycles. The van der Waals surface area contributed by atoms with Gasteiger partial charge in [-0.3, -0.25) is 14.4 Å². The fraction of sp³-hybridized carbons (Fsp3) is 0.593. The average molecular weight is 465 g/mol. The first-order valence-electron chi connectivity index (χ1n) is 12.7. The largest absolute Gasteiger partial charge is 0.351 e. The average Bonchev–Trinajstić information content (AvgIpc) is 3.55. The van der Waals surface area contributed by atoms with Crippen molar-refractivity contribution in [1.82, 2.24) is 20.1 Å². The summed E-state index contributed by atoms with van der Waals surface area (Å²) in [4.78, 5) is 47.0. The fourth-order valence-electron chi connectivity index (χ4n) is 6.01. The molecule has 5 rings (SSSR count). The van der Waals surface area contributed by atoms with Gasteiger partial charge in [-0.25, -0.2) is 0 Å². The van der Waals surface area contributed by atoms with Gasteiger partial charge in [0, 0.05) is 29.9 Å². The Hall–Kier alpha value is -2.83. The summed E-state index contributed by atoms with van der Waals surface area (Å²) in [6.07, 6.45) is 6.37. The normalized spacial score (nSPS) is 24.0. The number of carbonyl (C=O) groups is 3. The summed E-state index contributed by atoms with van der Waals surface area (Å²) >= 11 is 0. The van der Waals surface area contributed by atoms with E-state index in [0.717, 1.165) is 43.0 Å². The predicted molar refractivity (Wildman–Crippen MR) is 131 cm³/mol. The number of carbonyl (C=O) groups excluding carboxylic acids is 3. The van der Waals surface area contributed by atoms with Crippen molar-refractivity contribution in [3.8, 4) is 0 Å². The molecule has 0 spiro atoms. The lowest BCUT2D eigenvalue weighted by Gasteiger charge is -2.40. The molecule has 3 aliphatic rings. The van der Waals surface area contributed by atoms with Crippen molar-refractivity contribution in [1.29, 1.82) is 0 Å². The molecule has 182 valence electrons. The Morgan fingerprint density at radius 1 is 1.00 bits per heavy atom. The van der Waals surface area contributed by atoms with Gasteiger partial charge in [-0.2, -0.15) is 0 Å². The third-order valence-electron chi connectivity index (χ3n) is 7.92. The van der Waals surface area contributed by atoms with E-state index in [1.807, 2.05) is 60.9 Å². The lowest BCUT2D eigenvalue weighted by molar-refractivity contribution is -0.145. The second-order valence-corrected chi connectivity index (χ2v) is 11.4. The number of fused-ring (bicyclic) bond motifs is 3.